The van der Waals surface area contributed by atoms with E-state index in [1.54, 1.807) is 6.07 Å². The first-order chi connectivity index (χ1) is 10.6. The molecule has 1 aromatic rings. The van der Waals surface area contributed by atoms with Crippen molar-refractivity contribution in [2.75, 3.05) is 11.5 Å². The van der Waals surface area contributed by atoms with Crippen LogP contribution in [0.15, 0.2) is 18.2 Å². The van der Waals surface area contributed by atoms with Crippen LogP contribution >= 0.6 is 23.5 Å². The third-order valence-corrected chi connectivity index (χ3v) is 8.84. The zero-order valence-corrected chi connectivity index (χ0v) is 17.7. The molecule has 0 amide bonds. The van der Waals surface area contributed by atoms with Gasteiger partial charge < -0.3 is 0 Å². The third-order valence-electron chi connectivity index (χ3n) is 3.79. The molecule has 0 aliphatic carbocycles. The number of benzene rings is 1. The lowest BCUT2D eigenvalue weighted by Gasteiger charge is -2.46. The van der Waals surface area contributed by atoms with E-state index in [0.717, 1.165) is 22.6 Å². The second kappa shape index (κ2) is 6.86. The highest BCUT2D eigenvalue weighted by Crippen LogP contribution is 2.60. The van der Waals surface area contributed by atoms with Crippen molar-refractivity contribution in [3.63, 3.8) is 0 Å². The van der Waals surface area contributed by atoms with Crippen molar-refractivity contribution in [1.82, 2.24) is 0 Å². The maximum absolute atomic E-state index is 14.9. The Hall–Kier alpha value is -0.373. The van der Waals surface area contributed by atoms with Crippen LogP contribution in [-0.2, 0) is 4.08 Å². The predicted octanol–water partition coefficient (Wildman–Crippen LogP) is 6.12. The first-order valence-electron chi connectivity index (χ1n) is 8.16. The third kappa shape index (κ3) is 4.38. The molecule has 1 fully saturated rings. The second-order valence-corrected chi connectivity index (χ2v) is 15.7. The fourth-order valence-corrected chi connectivity index (χ4v) is 6.84. The number of halogens is 1. The predicted molar refractivity (Wildman–Crippen MR) is 107 cm³/mol. The summed E-state index contributed by atoms with van der Waals surface area (Å²) in [6.45, 7) is 13.3. The summed E-state index contributed by atoms with van der Waals surface area (Å²) in [4.78, 5) is 0. The van der Waals surface area contributed by atoms with Crippen molar-refractivity contribution in [3.8, 4) is 11.5 Å². The van der Waals surface area contributed by atoms with E-state index in [-0.39, 0.29) is 15.3 Å². The molecule has 0 saturated carbocycles. The molecule has 4 heteroatoms. The van der Waals surface area contributed by atoms with Gasteiger partial charge in [-0.25, -0.2) is 4.39 Å². The van der Waals surface area contributed by atoms with Gasteiger partial charge in [0.25, 0.3) is 0 Å². The first-order valence-corrected chi connectivity index (χ1v) is 13.6. The van der Waals surface area contributed by atoms with Crippen molar-refractivity contribution in [3.05, 3.63) is 35.1 Å². The number of thioether (sulfide) groups is 2. The van der Waals surface area contributed by atoms with E-state index < -0.39 is 8.07 Å². The quantitative estimate of drug-likeness (QED) is 0.433. The van der Waals surface area contributed by atoms with Gasteiger partial charge in [0, 0.05) is 11.1 Å². The lowest BCUT2D eigenvalue weighted by atomic mass is 9.86. The number of hydrogen-bond acceptors (Lipinski definition) is 2. The summed E-state index contributed by atoms with van der Waals surface area (Å²) in [5, 5.41) is 0. The maximum Gasteiger partial charge on any atom is 0.129 e. The average molecular weight is 367 g/mol. The van der Waals surface area contributed by atoms with Crippen molar-refractivity contribution in [2.24, 2.45) is 5.41 Å². The van der Waals surface area contributed by atoms with E-state index in [0.29, 0.717) is 0 Å². The monoisotopic (exact) mass is 366 g/mol. The van der Waals surface area contributed by atoms with Gasteiger partial charge in [0.05, 0.1) is 4.08 Å². The Morgan fingerprint density at radius 3 is 2.22 bits per heavy atom. The number of hydrogen-bond donors (Lipinski definition) is 0. The van der Waals surface area contributed by atoms with Crippen LogP contribution < -0.4 is 0 Å². The zero-order chi connectivity index (χ0) is 17.3. The molecule has 1 saturated heterocycles. The van der Waals surface area contributed by atoms with Crippen LogP contribution in [0.25, 0.3) is 0 Å². The van der Waals surface area contributed by atoms with Crippen LogP contribution in [0.4, 0.5) is 4.39 Å². The van der Waals surface area contributed by atoms with Gasteiger partial charge >= 0.3 is 0 Å². The fourth-order valence-electron chi connectivity index (χ4n) is 2.64. The largest absolute Gasteiger partial charge is 0.207 e. The Balaban J connectivity index is 2.44. The molecule has 1 aliphatic heterocycles. The van der Waals surface area contributed by atoms with E-state index in [2.05, 4.69) is 51.9 Å². The SMILES string of the molecule is CC(C)(C)C1(c2ccc(C#C[Si](C)(C)C)cc2F)SCCCS1. The topological polar surface area (TPSA) is 0 Å². The van der Waals surface area contributed by atoms with E-state index >= 15 is 0 Å². The van der Waals surface area contributed by atoms with Gasteiger partial charge in [-0.05, 0) is 35.5 Å². The van der Waals surface area contributed by atoms with Gasteiger partial charge in [-0.1, -0.05) is 52.4 Å². The van der Waals surface area contributed by atoms with Crippen LogP contribution in [0.5, 0.6) is 0 Å². The van der Waals surface area contributed by atoms with Crippen molar-refractivity contribution in [2.45, 2.75) is 50.9 Å². The van der Waals surface area contributed by atoms with E-state index in [9.17, 15) is 4.39 Å². The Morgan fingerprint density at radius 2 is 1.74 bits per heavy atom. The molecule has 0 radical (unpaired) electrons. The average Bonchev–Trinajstić information content (AvgIpc) is 2.44. The van der Waals surface area contributed by atoms with E-state index in [1.165, 1.54) is 6.42 Å². The molecule has 1 aliphatic rings. The van der Waals surface area contributed by atoms with Crippen LogP contribution in [0.1, 0.15) is 38.3 Å². The van der Waals surface area contributed by atoms with Gasteiger partial charge in [0.2, 0.25) is 0 Å². The number of rotatable bonds is 1. The van der Waals surface area contributed by atoms with Crippen LogP contribution in [-0.4, -0.2) is 19.6 Å². The highest BCUT2D eigenvalue weighted by molar-refractivity contribution is 8.18. The summed E-state index contributed by atoms with van der Waals surface area (Å²) in [5.41, 5.74) is 4.94. The van der Waals surface area contributed by atoms with Crippen molar-refractivity contribution in [1.29, 1.82) is 0 Å². The molecule has 0 aromatic heterocycles. The van der Waals surface area contributed by atoms with Gasteiger partial charge in [-0.15, -0.1) is 29.1 Å². The smallest absolute Gasteiger partial charge is 0.129 e. The molecule has 0 spiro atoms. The Kier molecular flexibility index (Phi) is 5.65. The van der Waals surface area contributed by atoms with E-state index in [4.69, 9.17) is 0 Å². The maximum atomic E-state index is 14.9. The molecule has 1 heterocycles. The van der Waals surface area contributed by atoms with Gasteiger partial charge in [0.1, 0.15) is 13.9 Å². The van der Waals surface area contributed by atoms with Crippen molar-refractivity contribution >= 4 is 31.6 Å². The molecular weight excluding hydrogens is 339 g/mol. The molecule has 126 valence electrons. The minimum Gasteiger partial charge on any atom is -0.207 e. The van der Waals surface area contributed by atoms with Crippen molar-refractivity contribution < 1.29 is 4.39 Å². The molecule has 0 N–H and O–H groups in total. The Morgan fingerprint density at radius 1 is 1.13 bits per heavy atom. The highest BCUT2D eigenvalue weighted by Gasteiger charge is 2.47. The van der Waals surface area contributed by atoms with Crippen LogP contribution in [0.3, 0.4) is 0 Å². The minimum atomic E-state index is -1.44. The molecule has 0 atom stereocenters. The van der Waals surface area contributed by atoms with Gasteiger partial charge in [-0.2, -0.15) is 0 Å². The Labute approximate surface area is 150 Å². The molecule has 0 bridgehead atoms. The summed E-state index contributed by atoms with van der Waals surface area (Å²) < 4.78 is 14.7. The Bertz CT molecular complexity index is 623. The molecule has 2 rings (SSSR count). The normalized spacial score (nSPS) is 18.2. The highest BCUT2D eigenvalue weighted by atomic mass is 32.2. The second-order valence-electron chi connectivity index (χ2n) is 8.11. The lowest BCUT2D eigenvalue weighted by molar-refractivity contribution is 0.363. The van der Waals surface area contributed by atoms with Gasteiger partial charge in [0.15, 0.2) is 0 Å². The first kappa shape index (κ1) is 19.0. The molecule has 1 aromatic carbocycles. The van der Waals surface area contributed by atoms with Crippen LogP contribution in [0, 0.1) is 22.7 Å². The standard InChI is InChI=1S/C19H27FS2Si/c1-18(2,3)19(21-11-7-12-22-19)16-9-8-15(14-17(16)20)10-13-23(4,5)6/h8-9,14H,7,11-12H2,1-6H3. The summed E-state index contributed by atoms with van der Waals surface area (Å²) in [6, 6.07) is 5.60. The lowest BCUT2D eigenvalue weighted by Crippen LogP contribution is -2.37. The minimum absolute atomic E-state index is 0.00485. The molecule has 0 unspecified atom stereocenters. The summed E-state index contributed by atoms with van der Waals surface area (Å²) in [5.74, 6) is 5.25. The summed E-state index contributed by atoms with van der Waals surface area (Å²) in [6.07, 6.45) is 1.20. The van der Waals surface area contributed by atoms with Crippen LogP contribution in [0.2, 0.25) is 19.6 Å². The summed E-state index contributed by atoms with van der Waals surface area (Å²) >= 11 is 3.80. The molecule has 23 heavy (non-hydrogen) atoms. The fraction of sp³-hybridized carbons (Fsp3) is 0.579. The summed E-state index contributed by atoms with van der Waals surface area (Å²) in [7, 11) is -1.44. The van der Waals surface area contributed by atoms with Gasteiger partial charge in [-0.3, -0.25) is 0 Å². The van der Waals surface area contributed by atoms with E-state index in [1.807, 2.05) is 35.7 Å². The molecule has 0 nitrogen and oxygen atoms in total. The molecular formula is C19H27FS2Si. The zero-order valence-electron chi connectivity index (χ0n) is 15.0.